The third kappa shape index (κ3) is 3.65. The monoisotopic (exact) mass is 363 g/mol. The van der Waals surface area contributed by atoms with Crippen LogP contribution in [0.2, 0.25) is 0 Å². The average molecular weight is 363 g/mol. The number of anilines is 1. The van der Waals surface area contributed by atoms with Crippen molar-refractivity contribution in [1.82, 2.24) is 19.9 Å². The summed E-state index contributed by atoms with van der Waals surface area (Å²) in [4.78, 5) is 28.8. The fraction of sp³-hybridized carbons (Fsp3) is 0.381. The molecule has 0 saturated carbocycles. The maximum atomic E-state index is 12.7. The van der Waals surface area contributed by atoms with Gasteiger partial charge in [0.1, 0.15) is 5.82 Å². The lowest BCUT2D eigenvalue weighted by Gasteiger charge is -2.41. The zero-order valence-corrected chi connectivity index (χ0v) is 15.9. The lowest BCUT2D eigenvalue weighted by Crippen LogP contribution is -2.54. The second-order valence-corrected chi connectivity index (χ2v) is 7.27. The van der Waals surface area contributed by atoms with Gasteiger partial charge in [0.05, 0.1) is 0 Å². The summed E-state index contributed by atoms with van der Waals surface area (Å²) in [5, 5.41) is 2.36. The highest BCUT2D eigenvalue weighted by Crippen LogP contribution is 2.28. The summed E-state index contributed by atoms with van der Waals surface area (Å²) in [5.74, 6) is 1.09. The summed E-state index contributed by atoms with van der Waals surface area (Å²) in [6, 6.07) is 8.57. The molecule has 1 aliphatic rings. The van der Waals surface area contributed by atoms with Crippen LogP contribution < -0.4 is 4.90 Å². The first kappa shape index (κ1) is 17.5. The van der Waals surface area contributed by atoms with Crippen LogP contribution in [0.3, 0.4) is 0 Å². The number of nitrogens with zero attached hydrogens (tertiary/aromatic N) is 4. The van der Waals surface area contributed by atoms with Crippen LogP contribution >= 0.6 is 0 Å². The Labute approximate surface area is 159 Å². The van der Waals surface area contributed by atoms with E-state index in [4.69, 9.17) is 0 Å². The van der Waals surface area contributed by atoms with E-state index in [1.807, 2.05) is 24.2 Å². The smallest absolute Gasteiger partial charge is 0.223 e. The van der Waals surface area contributed by atoms with Crippen LogP contribution in [0.4, 0.5) is 5.69 Å². The number of carbonyl (C=O) groups excluding carboxylic acids is 1. The maximum Gasteiger partial charge on any atom is 0.223 e. The van der Waals surface area contributed by atoms with E-state index in [0.29, 0.717) is 12.8 Å². The molecule has 6 nitrogen and oxygen atoms in total. The van der Waals surface area contributed by atoms with Crippen LogP contribution in [0.15, 0.2) is 42.9 Å². The van der Waals surface area contributed by atoms with E-state index >= 15 is 0 Å². The number of benzene rings is 1. The molecule has 3 heterocycles. The van der Waals surface area contributed by atoms with Gasteiger partial charge in [-0.3, -0.25) is 9.78 Å². The van der Waals surface area contributed by atoms with Crippen LogP contribution in [-0.2, 0) is 11.2 Å². The van der Waals surface area contributed by atoms with E-state index in [1.165, 1.54) is 11.1 Å². The Hall–Kier alpha value is -2.89. The molecule has 140 valence electrons. The van der Waals surface area contributed by atoms with Gasteiger partial charge in [-0.15, -0.1) is 0 Å². The molecule has 4 rings (SSSR count). The Morgan fingerprint density at radius 3 is 2.93 bits per heavy atom. The van der Waals surface area contributed by atoms with Crippen molar-refractivity contribution in [3.63, 3.8) is 0 Å². The number of piperazine rings is 1. The van der Waals surface area contributed by atoms with Crippen molar-refractivity contribution in [1.29, 1.82) is 0 Å². The zero-order chi connectivity index (χ0) is 18.8. The van der Waals surface area contributed by atoms with Gasteiger partial charge in [0.15, 0.2) is 0 Å². The highest BCUT2D eigenvalue weighted by Gasteiger charge is 2.28. The fourth-order valence-electron chi connectivity index (χ4n) is 3.89. The molecular weight excluding hydrogens is 338 g/mol. The molecule has 6 heteroatoms. The summed E-state index contributed by atoms with van der Waals surface area (Å²) in [6.07, 6.45) is 6.71. The van der Waals surface area contributed by atoms with Crippen molar-refractivity contribution in [2.75, 3.05) is 24.5 Å². The number of H-pyrrole nitrogens is 1. The first-order chi connectivity index (χ1) is 13.1. The van der Waals surface area contributed by atoms with Gasteiger partial charge in [-0.25, -0.2) is 4.98 Å². The molecule has 27 heavy (non-hydrogen) atoms. The topological polar surface area (TPSA) is 65.1 Å². The molecule has 1 atom stereocenters. The number of pyridine rings is 1. The zero-order valence-electron chi connectivity index (χ0n) is 15.9. The third-order valence-corrected chi connectivity index (χ3v) is 5.28. The van der Waals surface area contributed by atoms with Gasteiger partial charge in [-0.2, -0.15) is 0 Å². The van der Waals surface area contributed by atoms with E-state index in [0.717, 1.165) is 36.5 Å². The van der Waals surface area contributed by atoms with E-state index in [1.54, 1.807) is 6.20 Å². The summed E-state index contributed by atoms with van der Waals surface area (Å²) in [5.41, 5.74) is 2.25. The first-order valence-corrected chi connectivity index (χ1v) is 9.49. The number of amides is 1. The summed E-state index contributed by atoms with van der Waals surface area (Å²) in [7, 11) is 0. The SMILES string of the molecule is Cc1cnc(CCC(=O)N2CCN(c3cccc4cnccc34)CC2C)[nH]1. The molecule has 1 saturated heterocycles. The minimum Gasteiger partial charge on any atom is -0.367 e. The average Bonchev–Trinajstić information content (AvgIpc) is 3.11. The van der Waals surface area contributed by atoms with Crippen molar-refractivity contribution in [2.24, 2.45) is 0 Å². The number of nitrogens with one attached hydrogen (secondary N) is 1. The second kappa shape index (κ2) is 7.39. The lowest BCUT2D eigenvalue weighted by atomic mass is 10.1. The molecule has 2 aromatic heterocycles. The highest BCUT2D eigenvalue weighted by molar-refractivity contribution is 5.93. The van der Waals surface area contributed by atoms with Crippen molar-refractivity contribution in [3.8, 4) is 0 Å². The molecule has 0 aliphatic carbocycles. The van der Waals surface area contributed by atoms with Crippen LogP contribution in [0, 0.1) is 6.92 Å². The minimum atomic E-state index is 0.182. The Bertz CT molecular complexity index is 945. The second-order valence-electron chi connectivity index (χ2n) is 7.27. The lowest BCUT2D eigenvalue weighted by molar-refractivity contribution is -0.133. The van der Waals surface area contributed by atoms with Gasteiger partial charge in [-0.05, 0) is 26.0 Å². The van der Waals surface area contributed by atoms with Gasteiger partial charge >= 0.3 is 0 Å². The number of fused-ring (bicyclic) bond motifs is 1. The van der Waals surface area contributed by atoms with Gasteiger partial charge < -0.3 is 14.8 Å². The predicted octanol–water partition coefficient (Wildman–Crippen LogP) is 2.94. The number of imidazole rings is 1. The molecule has 1 aliphatic heterocycles. The maximum absolute atomic E-state index is 12.7. The molecule has 1 fully saturated rings. The van der Waals surface area contributed by atoms with Gasteiger partial charge in [0.25, 0.3) is 0 Å². The van der Waals surface area contributed by atoms with Gasteiger partial charge in [0.2, 0.25) is 5.91 Å². The van der Waals surface area contributed by atoms with Gasteiger partial charge in [0, 0.05) is 79.3 Å². The number of rotatable bonds is 4. The molecule has 0 bridgehead atoms. The Morgan fingerprint density at radius 2 is 2.15 bits per heavy atom. The van der Waals surface area contributed by atoms with Crippen LogP contribution in [0.5, 0.6) is 0 Å². The largest absolute Gasteiger partial charge is 0.367 e. The van der Waals surface area contributed by atoms with E-state index < -0.39 is 0 Å². The van der Waals surface area contributed by atoms with Crippen molar-refractivity contribution in [3.05, 3.63) is 54.4 Å². The Morgan fingerprint density at radius 1 is 1.26 bits per heavy atom. The molecule has 1 unspecified atom stereocenters. The minimum absolute atomic E-state index is 0.182. The van der Waals surface area contributed by atoms with Crippen molar-refractivity contribution in [2.45, 2.75) is 32.7 Å². The quantitative estimate of drug-likeness (QED) is 0.774. The van der Waals surface area contributed by atoms with E-state index in [-0.39, 0.29) is 11.9 Å². The van der Waals surface area contributed by atoms with Crippen LogP contribution in [-0.4, -0.2) is 51.4 Å². The number of aromatic nitrogens is 3. The molecule has 0 radical (unpaired) electrons. The summed E-state index contributed by atoms with van der Waals surface area (Å²) in [6.45, 7) is 6.54. The van der Waals surface area contributed by atoms with Crippen molar-refractivity contribution < 1.29 is 4.79 Å². The third-order valence-electron chi connectivity index (χ3n) is 5.28. The predicted molar refractivity (Wildman–Crippen MR) is 107 cm³/mol. The number of hydrogen-bond donors (Lipinski definition) is 1. The number of carbonyl (C=O) groups is 1. The van der Waals surface area contributed by atoms with Crippen LogP contribution in [0.1, 0.15) is 24.9 Å². The van der Waals surface area contributed by atoms with Crippen LogP contribution in [0.25, 0.3) is 10.8 Å². The first-order valence-electron chi connectivity index (χ1n) is 9.49. The highest BCUT2D eigenvalue weighted by atomic mass is 16.2. The Balaban J connectivity index is 1.42. The summed E-state index contributed by atoms with van der Waals surface area (Å²) >= 11 is 0. The Kier molecular flexibility index (Phi) is 4.79. The van der Waals surface area contributed by atoms with Gasteiger partial charge in [-0.1, -0.05) is 12.1 Å². The van der Waals surface area contributed by atoms with E-state index in [2.05, 4.69) is 51.0 Å². The number of hydrogen-bond acceptors (Lipinski definition) is 4. The fourth-order valence-corrected chi connectivity index (χ4v) is 3.89. The van der Waals surface area contributed by atoms with Crippen molar-refractivity contribution >= 4 is 22.4 Å². The van der Waals surface area contributed by atoms with E-state index in [9.17, 15) is 4.79 Å². The molecule has 3 aromatic rings. The molecule has 0 spiro atoms. The standard InChI is InChI=1S/C21H25N5O/c1-15-12-23-20(24-15)6-7-21(27)26-11-10-25(14-16(26)2)19-5-3-4-17-13-22-9-8-18(17)19/h3-5,8-9,12-13,16H,6-7,10-11,14H2,1-2H3,(H,23,24). The number of aryl methyl sites for hydroxylation is 2. The molecule has 1 amide bonds. The normalized spacial score (nSPS) is 17.5. The molecular formula is C21H25N5O. The summed E-state index contributed by atoms with van der Waals surface area (Å²) < 4.78 is 0. The number of aromatic amines is 1. The molecule has 1 N–H and O–H groups in total. The molecule has 1 aromatic carbocycles.